The monoisotopic (exact) mass is 392 g/mol. The normalized spacial score (nSPS) is 16.4. The van der Waals surface area contributed by atoms with Crippen LogP contribution in [0.1, 0.15) is 30.5 Å². The number of ether oxygens (including phenoxy) is 2. The predicted octanol–water partition coefficient (Wildman–Crippen LogP) is 1.62. The molecule has 0 radical (unpaired) electrons. The maximum absolute atomic E-state index is 11.1. The highest BCUT2D eigenvalue weighted by atomic mass is 32.2. The molecular weight excluding hydrogens is 368 g/mol. The molecule has 1 saturated carbocycles. The van der Waals surface area contributed by atoms with E-state index in [1.807, 2.05) is 0 Å². The lowest BCUT2D eigenvalue weighted by Gasteiger charge is -2.16. The van der Waals surface area contributed by atoms with Crippen LogP contribution >= 0.6 is 0 Å². The number of hydrogen-bond donors (Lipinski definition) is 2. The summed E-state index contributed by atoms with van der Waals surface area (Å²) < 4.78 is 33.2. The number of nitrogens with two attached hydrogens (primary N) is 1. The summed E-state index contributed by atoms with van der Waals surface area (Å²) in [6.45, 7) is 0.877. The Kier molecular flexibility index (Phi) is 4.81. The third kappa shape index (κ3) is 4.08. The Labute approximate surface area is 158 Å². The second kappa shape index (κ2) is 7.12. The number of methoxy groups -OCH3 is 1. The average molecular weight is 392 g/mol. The van der Waals surface area contributed by atoms with Crippen molar-refractivity contribution in [3.8, 4) is 11.6 Å². The highest BCUT2D eigenvalue weighted by Crippen LogP contribution is 2.38. The molecule has 146 valence electrons. The topological polar surface area (TPSA) is 116 Å². The first-order valence-electron chi connectivity index (χ1n) is 9.22. The van der Waals surface area contributed by atoms with E-state index < -0.39 is 10.0 Å². The van der Waals surface area contributed by atoms with Gasteiger partial charge in [-0.2, -0.15) is 0 Å². The molecule has 3 N–H and O–H groups in total. The SMILES string of the molecule is COc1nc2c(NCC3CC3)c3c(nc2cc1OCCS(N)(=O)=O)CCC3. The second-order valence-electron chi connectivity index (χ2n) is 7.17. The van der Waals surface area contributed by atoms with Gasteiger partial charge in [0.1, 0.15) is 12.1 Å². The van der Waals surface area contributed by atoms with Crippen molar-refractivity contribution in [1.82, 2.24) is 9.97 Å². The van der Waals surface area contributed by atoms with E-state index in [4.69, 9.17) is 19.6 Å². The van der Waals surface area contributed by atoms with Gasteiger partial charge in [0.05, 0.1) is 24.1 Å². The minimum atomic E-state index is -3.59. The van der Waals surface area contributed by atoms with Crippen molar-refractivity contribution in [3.63, 3.8) is 0 Å². The third-order valence-electron chi connectivity index (χ3n) is 5.00. The van der Waals surface area contributed by atoms with Gasteiger partial charge in [0, 0.05) is 18.3 Å². The first-order valence-corrected chi connectivity index (χ1v) is 10.9. The van der Waals surface area contributed by atoms with Gasteiger partial charge in [0.2, 0.25) is 10.0 Å². The molecule has 2 aromatic heterocycles. The number of nitrogens with zero attached hydrogens (tertiary/aromatic N) is 2. The van der Waals surface area contributed by atoms with Crippen LogP contribution in [0.2, 0.25) is 0 Å². The lowest BCUT2D eigenvalue weighted by atomic mass is 10.1. The van der Waals surface area contributed by atoms with E-state index >= 15 is 0 Å². The summed E-state index contributed by atoms with van der Waals surface area (Å²) in [6, 6.07) is 1.77. The highest BCUT2D eigenvalue weighted by Gasteiger charge is 2.25. The van der Waals surface area contributed by atoms with Gasteiger partial charge < -0.3 is 14.8 Å². The molecule has 2 aliphatic carbocycles. The van der Waals surface area contributed by atoms with Crippen molar-refractivity contribution in [2.45, 2.75) is 32.1 Å². The average Bonchev–Trinajstić information content (AvgIpc) is 3.33. The fourth-order valence-corrected chi connectivity index (χ4v) is 3.74. The minimum Gasteiger partial charge on any atom is -0.487 e. The van der Waals surface area contributed by atoms with E-state index in [2.05, 4.69) is 10.3 Å². The number of hydrogen-bond acceptors (Lipinski definition) is 7. The third-order valence-corrected chi connectivity index (χ3v) is 5.74. The molecule has 2 aliphatic rings. The zero-order chi connectivity index (χ0) is 19.0. The molecule has 2 aromatic rings. The fraction of sp³-hybridized carbons (Fsp3) is 0.556. The molecule has 27 heavy (non-hydrogen) atoms. The van der Waals surface area contributed by atoms with Crippen molar-refractivity contribution in [2.75, 3.05) is 31.3 Å². The Morgan fingerprint density at radius 1 is 1.30 bits per heavy atom. The summed E-state index contributed by atoms with van der Waals surface area (Å²) in [5, 5.41) is 8.62. The molecule has 0 aromatic carbocycles. The van der Waals surface area contributed by atoms with Gasteiger partial charge in [-0.1, -0.05) is 0 Å². The second-order valence-corrected chi connectivity index (χ2v) is 8.90. The first-order chi connectivity index (χ1) is 12.9. The molecule has 0 saturated heterocycles. The van der Waals surface area contributed by atoms with Gasteiger partial charge >= 0.3 is 0 Å². The Morgan fingerprint density at radius 3 is 2.81 bits per heavy atom. The number of sulfonamides is 1. The summed E-state index contributed by atoms with van der Waals surface area (Å²) in [4.78, 5) is 9.40. The molecule has 1 fully saturated rings. The minimum absolute atomic E-state index is 0.0693. The Balaban J connectivity index is 1.71. The van der Waals surface area contributed by atoms with Gasteiger partial charge in [-0.3, -0.25) is 4.98 Å². The Hall–Kier alpha value is -2.13. The van der Waals surface area contributed by atoms with Crippen LogP contribution in [0.5, 0.6) is 11.6 Å². The van der Waals surface area contributed by atoms with Crippen LogP contribution in [0.25, 0.3) is 11.0 Å². The summed E-state index contributed by atoms with van der Waals surface area (Å²) in [7, 11) is -2.08. The van der Waals surface area contributed by atoms with Gasteiger partial charge in [0.15, 0.2) is 5.75 Å². The lowest BCUT2D eigenvalue weighted by Crippen LogP contribution is -2.21. The molecule has 0 bridgehead atoms. The molecular formula is C18H24N4O4S. The van der Waals surface area contributed by atoms with Crippen LogP contribution in [-0.2, 0) is 22.9 Å². The number of rotatable bonds is 8. The number of aryl methyl sites for hydroxylation is 1. The molecule has 0 unspecified atom stereocenters. The first kappa shape index (κ1) is 18.2. The van der Waals surface area contributed by atoms with Crippen molar-refractivity contribution in [3.05, 3.63) is 17.3 Å². The summed E-state index contributed by atoms with van der Waals surface area (Å²) in [6.07, 6.45) is 5.60. The van der Waals surface area contributed by atoms with Crippen LogP contribution in [0.3, 0.4) is 0 Å². The number of fused-ring (bicyclic) bond motifs is 2. The summed E-state index contributed by atoms with van der Waals surface area (Å²) >= 11 is 0. The molecule has 0 spiro atoms. The van der Waals surface area contributed by atoms with Gasteiger partial charge in [-0.15, -0.1) is 0 Å². The smallest absolute Gasteiger partial charge is 0.257 e. The van der Waals surface area contributed by atoms with E-state index in [0.29, 0.717) is 11.6 Å². The van der Waals surface area contributed by atoms with E-state index in [0.717, 1.165) is 54.1 Å². The van der Waals surface area contributed by atoms with Crippen molar-refractivity contribution < 1.29 is 17.9 Å². The molecule has 8 nitrogen and oxygen atoms in total. The van der Waals surface area contributed by atoms with Gasteiger partial charge in [-0.05, 0) is 43.6 Å². The van der Waals surface area contributed by atoms with E-state index in [9.17, 15) is 8.42 Å². The van der Waals surface area contributed by atoms with Gasteiger partial charge in [-0.25, -0.2) is 18.5 Å². The Morgan fingerprint density at radius 2 is 2.11 bits per heavy atom. The summed E-state index contributed by atoms with van der Waals surface area (Å²) in [5.74, 6) is 1.14. The molecule has 0 aliphatic heterocycles. The van der Waals surface area contributed by atoms with E-state index in [1.54, 1.807) is 6.07 Å². The molecule has 4 rings (SSSR count). The maximum atomic E-state index is 11.1. The molecule has 0 amide bonds. The summed E-state index contributed by atoms with van der Waals surface area (Å²) in [5.41, 5.74) is 4.89. The van der Waals surface area contributed by atoms with Crippen molar-refractivity contribution >= 4 is 26.7 Å². The zero-order valence-corrected chi connectivity index (χ0v) is 16.1. The quantitative estimate of drug-likeness (QED) is 0.701. The standard InChI is InChI=1S/C18H24N4O4S/c1-25-18-15(26-7-8-27(19,23)24)9-14-17(22-18)16(20-10-11-5-6-11)12-3-2-4-13(12)21-14/h9,11H,2-8,10H2,1H3,(H,20,21)(H2,19,23,24). The number of nitrogens with one attached hydrogen (secondary N) is 1. The highest BCUT2D eigenvalue weighted by molar-refractivity contribution is 7.89. The van der Waals surface area contributed by atoms with Crippen LogP contribution in [0.4, 0.5) is 5.69 Å². The maximum Gasteiger partial charge on any atom is 0.257 e. The van der Waals surface area contributed by atoms with Crippen LogP contribution in [-0.4, -0.2) is 44.4 Å². The Bertz CT molecular complexity index is 973. The number of primary sulfonamides is 1. The predicted molar refractivity (Wildman–Crippen MR) is 103 cm³/mol. The number of aromatic nitrogens is 2. The van der Waals surface area contributed by atoms with Crippen LogP contribution in [0.15, 0.2) is 6.07 Å². The fourth-order valence-electron chi connectivity index (χ4n) is 3.42. The number of pyridine rings is 2. The molecule has 0 atom stereocenters. The zero-order valence-electron chi connectivity index (χ0n) is 15.3. The number of anilines is 1. The largest absolute Gasteiger partial charge is 0.487 e. The molecule has 9 heteroatoms. The van der Waals surface area contributed by atoms with Crippen molar-refractivity contribution in [1.29, 1.82) is 0 Å². The lowest BCUT2D eigenvalue weighted by molar-refractivity contribution is 0.305. The molecule has 2 heterocycles. The van der Waals surface area contributed by atoms with Crippen LogP contribution < -0.4 is 19.9 Å². The van der Waals surface area contributed by atoms with E-state index in [-0.39, 0.29) is 12.4 Å². The van der Waals surface area contributed by atoms with E-state index in [1.165, 1.54) is 25.5 Å². The van der Waals surface area contributed by atoms with Crippen LogP contribution in [0, 0.1) is 5.92 Å². The van der Waals surface area contributed by atoms with Gasteiger partial charge in [0.25, 0.3) is 5.88 Å². The van der Waals surface area contributed by atoms with Crippen molar-refractivity contribution in [2.24, 2.45) is 11.1 Å².